The van der Waals surface area contributed by atoms with E-state index in [1.54, 1.807) is 19.1 Å². The second-order valence-corrected chi connectivity index (χ2v) is 5.83. The Morgan fingerprint density at radius 2 is 1.90 bits per heavy atom. The summed E-state index contributed by atoms with van der Waals surface area (Å²) in [5, 5.41) is 13.2. The number of amides is 1. The molecule has 0 radical (unpaired) electrons. The summed E-state index contributed by atoms with van der Waals surface area (Å²) >= 11 is 0. The van der Waals surface area contributed by atoms with Crippen LogP contribution in [0, 0.1) is 11.7 Å². The largest absolute Gasteiger partial charge is 0.384 e. The summed E-state index contributed by atoms with van der Waals surface area (Å²) in [5.41, 5.74) is -0.583. The lowest BCUT2D eigenvalue weighted by molar-refractivity contribution is -0.127. The molecule has 1 amide bonds. The summed E-state index contributed by atoms with van der Waals surface area (Å²) in [5.74, 6) is -0.240. The van der Waals surface area contributed by atoms with Crippen LogP contribution >= 0.6 is 0 Å². The van der Waals surface area contributed by atoms with Crippen molar-refractivity contribution in [2.45, 2.75) is 44.6 Å². The van der Waals surface area contributed by atoms with E-state index in [1.807, 2.05) is 0 Å². The highest BCUT2D eigenvalue weighted by molar-refractivity contribution is 5.78. The minimum atomic E-state index is -1.18. The lowest BCUT2D eigenvalue weighted by Gasteiger charge is -2.27. The molecule has 1 atom stereocenters. The lowest BCUT2D eigenvalue weighted by Crippen LogP contribution is -2.41. The maximum atomic E-state index is 12.9. The van der Waals surface area contributed by atoms with Gasteiger partial charge in [-0.15, -0.1) is 0 Å². The van der Waals surface area contributed by atoms with E-state index in [1.165, 1.54) is 18.6 Å². The second-order valence-electron chi connectivity index (χ2n) is 5.83. The van der Waals surface area contributed by atoms with Crippen molar-refractivity contribution in [3.05, 3.63) is 35.6 Å². The molecule has 1 fully saturated rings. The molecule has 0 spiro atoms. The number of halogens is 1. The molecule has 1 aliphatic rings. The minimum Gasteiger partial charge on any atom is -0.384 e. The fourth-order valence-electron chi connectivity index (χ4n) is 2.68. The number of aliphatic hydroxyl groups is 1. The molecule has 4 heteroatoms. The highest BCUT2D eigenvalue weighted by Gasteiger charge is 2.26. The Hall–Kier alpha value is -1.42. The summed E-state index contributed by atoms with van der Waals surface area (Å²) in [6.45, 7) is 1.77. The zero-order valence-electron chi connectivity index (χ0n) is 11.9. The zero-order valence-corrected chi connectivity index (χ0v) is 11.9. The molecule has 2 N–H and O–H groups in total. The van der Waals surface area contributed by atoms with Crippen LogP contribution in [0.1, 0.15) is 44.6 Å². The van der Waals surface area contributed by atoms with Crippen LogP contribution in [0.25, 0.3) is 0 Å². The van der Waals surface area contributed by atoms with Crippen LogP contribution in [0.4, 0.5) is 4.39 Å². The van der Waals surface area contributed by atoms with Gasteiger partial charge in [0.25, 0.3) is 0 Å². The first-order valence-electron chi connectivity index (χ1n) is 7.25. The van der Waals surface area contributed by atoms with Crippen molar-refractivity contribution >= 4 is 5.91 Å². The number of carbonyl (C=O) groups excluding carboxylic acids is 1. The number of carbonyl (C=O) groups is 1. The first kappa shape index (κ1) is 15.0. The Balaban J connectivity index is 1.91. The summed E-state index contributed by atoms with van der Waals surface area (Å²) in [6, 6.07) is 5.71. The van der Waals surface area contributed by atoms with Gasteiger partial charge in [0.2, 0.25) is 5.91 Å². The van der Waals surface area contributed by atoms with Gasteiger partial charge in [-0.3, -0.25) is 4.79 Å². The molecular weight excluding hydrogens is 257 g/mol. The van der Waals surface area contributed by atoms with E-state index >= 15 is 0 Å². The van der Waals surface area contributed by atoms with Gasteiger partial charge in [-0.05, 0) is 37.5 Å². The van der Waals surface area contributed by atoms with Crippen molar-refractivity contribution in [3.63, 3.8) is 0 Å². The van der Waals surface area contributed by atoms with Gasteiger partial charge in [0.1, 0.15) is 11.4 Å². The van der Waals surface area contributed by atoms with Crippen molar-refractivity contribution < 1.29 is 14.3 Å². The van der Waals surface area contributed by atoms with Gasteiger partial charge in [0, 0.05) is 5.92 Å². The van der Waals surface area contributed by atoms with Gasteiger partial charge in [-0.2, -0.15) is 0 Å². The molecule has 0 aromatic heterocycles. The maximum Gasteiger partial charge on any atom is 0.223 e. The molecule has 2 rings (SSSR count). The van der Waals surface area contributed by atoms with E-state index in [0.29, 0.717) is 5.56 Å². The highest BCUT2D eigenvalue weighted by Crippen LogP contribution is 2.24. The standard InChI is InChI=1S/C16H22FNO2/c1-16(20,13-7-9-14(17)10-8-13)11-18-15(19)12-5-3-2-4-6-12/h7-10,12,20H,2-6,11H2,1H3,(H,18,19). The summed E-state index contributed by atoms with van der Waals surface area (Å²) < 4.78 is 12.9. The molecular formula is C16H22FNO2. The van der Waals surface area contributed by atoms with E-state index < -0.39 is 5.60 Å². The highest BCUT2D eigenvalue weighted by atomic mass is 19.1. The summed E-state index contributed by atoms with van der Waals surface area (Å²) in [4.78, 5) is 12.0. The molecule has 1 aromatic rings. The van der Waals surface area contributed by atoms with Crippen LogP contribution in [0.2, 0.25) is 0 Å². The molecule has 0 bridgehead atoms. The Kier molecular flexibility index (Phi) is 4.76. The zero-order chi connectivity index (χ0) is 14.6. The quantitative estimate of drug-likeness (QED) is 0.890. The van der Waals surface area contributed by atoms with Gasteiger partial charge in [0.05, 0.1) is 6.54 Å². The first-order valence-corrected chi connectivity index (χ1v) is 7.25. The molecule has 0 saturated heterocycles. The smallest absolute Gasteiger partial charge is 0.223 e. The number of hydrogen-bond donors (Lipinski definition) is 2. The van der Waals surface area contributed by atoms with Crippen molar-refractivity contribution in [1.82, 2.24) is 5.32 Å². The minimum absolute atomic E-state index is 0.0205. The Bertz CT molecular complexity index is 450. The molecule has 1 saturated carbocycles. The van der Waals surface area contributed by atoms with Crippen LogP contribution in [0.3, 0.4) is 0 Å². The van der Waals surface area contributed by atoms with Crippen LogP contribution in [-0.2, 0) is 10.4 Å². The van der Waals surface area contributed by atoms with E-state index in [-0.39, 0.29) is 24.2 Å². The monoisotopic (exact) mass is 279 g/mol. The molecule has 110 valence electrons. The first-order chi connectivity index (χ1) is 9.49. The predicted molar refractivity (Wildman–Crippen MR) is 75.6 cm³/mol. The normalized spacial score (nSPS) is 19.4. The Morgan fingerprint density at radius 3 is 2.50 bits per heavy atom. The van der Waals surface area contributed by atoms with Crippen molar-refractivity contribution in [2.24, 2.45) is 5.92 Å². The van der Waals surface area contributed by atoms with Gasteiger partial charge in [-0.1, -0.05) is 31.4 Å². The summed E-state index contributed by atoms with van der Waals surface area (Å²) in [7, 11) is 0. The molecule has 20 heavy (non-hydrogen) atoms. The summed E-state index contributed by atoms with van der Waals surface area (Å²) in [6.07, 6.45) is 5.28. The third-order valence-electron chi connectivity index (χ3n) is 4.05. The van der Waals surface area contributed by atoms with Crippen LogP contribution in [0.15, 0.2) is 24.3 Å². The van der Waals surface area contributed by atoms with Crippen molar-refractivity contribution in [2.75, 3.05) is 6.54 Å². The van der Waals surface area contributed by atoms with E-state index in [9.17, 15) is 14.3 Å². The van der Waals surface area contributed by atoms with Crippen LogP contribution < -0.4 is 5.32 Å². The number of rotatable bonds is 4. The fourth-order valence-corrected chi connectivity index (χ4v) is 2.68. The average Bonchev–Trinajstić information content (AvgIpc) is 2.46. The van der Waals surface area contributed by atoms with Crippen molar-refractivity contribution in [1.29, 1.82) is 0 Å². The van der Waals surface area contributed by atoms with Crippen LogP contribution in [-0.4, -0.2) is 17.6 Å². The van der Waals surface area contributed by atoms with Gasteiger partial charge in [-0.25, -0.2) is 4.39 Å². The van der Waals surface area contributed by atoms with Crippen molar-refractivity contribution in [3.8, 4) is 0 Å². The molecule has 1 aliphatic carbocycles. The third-order valence-corrected chi connectivity index (χ3v) is 4.05. The van der Waals surface area contributed by atoms with Crippen LogP contribution in [0.5, 0.6) is 0 Å². The number of benzene rings is 1. The number of nitrogens with one attached hydrogen (secondary N) is 1. The topological polar surface area (TPSA) is 49.3 Å². The maximum absolute atomic E-state index is 12.9. The van der Waals surface area contributed by atoms with Gasteiger partial charge in [0.15, 0.2) is 0 Å². The van der Waals surface area contributed by atoms with Gasteiger partial charge < -0.3 is 10.4 Å². The SMILES string of the molecule is CC(O)(CNC(=O)C1CCCCC1)c1ccc(F)cc1. The van der Waals surface area contributed by atoms with Gasteiger partial charge >= 0.3 is 0 Å². The molecule has 0 heterocycles. The number of hydrogen-bond acceptors (Lipinski definition) is 2. The molecule has 0 aliphatic heterocycles. The molecule has 1 unspecified atom stereocenters. The van der Waals surface area contributed by atoms with E-state index in [4.69, 9.17) is 0 Å². The Labute approximate surface area is 119 Å². The van der Waals surface area contributed by atoms with E-state index in [2.05, 4.69) is 5.32 Å². The average molecular weight is 279 g/mol. The molecule has 1 aromatic carbocycles. The third kappa shape index (κ3) is 3.79. The molecule has 3 nitrogen and oxygen atoms in total. The fraction of sp³-hybridized carbons (Fsp3) is 0.562. The predicted octanol–water partition coefficient (Wildman–Crippen LogP) is 2.73. The lowest BCUT2D eigenvalue weighted by atomic mass is 9.88. The van der Waals surface area contributed by atoms with E-state index in [0.717, 1.165) is 25.7 Å². The second kappa shape index (κ2) is 6.35. The Morgan fingerprint density at radius 1 is 1.30 bits per heavy atom.